The highest BCUT2D eigenvalue weighted by molar-refractivity contribution is 5.31. The van der Waals surface area contributed by atoms with Crippen molar-refractivity contribution in [1.29, 1.82) is 0 Å². The molecule has 1 heteroatoms. The largest absolute Gasteiger partial charge is 0.389 e. The van der Waals surface area contributed by atoms with Gasteiger partial charge in [0.2, 0.25) is 0 Å². The molecule has 0 radical (unpaired) electrons. The van der Waals surface area contributed by atoms with E-state index in [0.29, 0.717) is 33.5 Å². The number of hydrogen-bond donors (Lipinski definition) is 1. The van der Waals surface area contributed by atoms with Crippen LogP contribution < -0.4 is 0 Å². The van der Waals surface area contributed by atoms with Crippen molar-refractivity contribution < 1.29 is 5.11 Å². The molecule has 9 aliphatic carbocycles. The molecule has 2 spiro atoms. The molecule has 0 aromatic rings. The van der Waals surface area contributed by atoms with Crippen molar-refractivity contribution >= 4 is 0 Å². The van der Waals surface area contributed by atoms with Crippen molar-refractivity contribution in [3.63, 3.8) is 0 Å². The lowest BCUT2D eigenvalue weighted by Crippen LogP contribution is -2.61. The molecule has 0 saturated heterocycles. The lowest BCUT2D eigenvalue weighted by atomic mass is 9.40. The zero-order valence-electron chi connectivity index (χ0n) is 22.4. The summed E-state index contributed by atoms with van der Waals surface area (Å²) in [6.07, 6.45) is 16.5. The van der Waals surface area contributed by atoms with Crippen LogP contribution in [-0.2, 0) is 0 Å². The van der Waals surface area contributed by atoms with Gasteiger partial charge in [0.15, 0.2) is 0 Å². The Morgan fingerprint density at radius 2 is 1.38 bits per heavy atom. The third kappa shape index (κ3) is 2.32. The van der Waals surface area contributed by atoms with Crippen molar-refractivity contribution in [2.45, 2.75) is 131 Å². The maximum absolute atomic E-state index is 12.4. The summed E-state index contributed by atoms with van der Waals surface area (Å²) in [5.41, 5.74) is 1.90. The maximum Gasteiger partial charge on any atom is 0.0704 e. The molecule has 182 valence electrons. The molecule has 0 aromatic heterocycles. The molecule has 0 aromatic carbocycles. The summed E-state index contributed by atoms with van der Waals surface area (Å²) in [6.45, 7) is 18.0. The molecule has 1 unspecified atom stereocenters. The van der Waals surface area contributed by atoms with E-state index in [1.54, 1.807) is 0 Å². The predicted molar refractivity (Wildman–Crippen MR) is 133 cm³/mol. The lowest BCUT2D eigenvalue weighted by molar-refractivity contribution is -0.206. The van der Waals surface area contributed by atoms with Gasteiger partial charge in [0, 0.05) is 0 Å². The predicted octanol–water partition coefficient (Wildman–Crippen LogP) is 8.25. The summed E-state index contributed by atoms with van der Waals surface area (Å²) in [4.78, 5) is 0. The van der Waals surface area contributed by atoms with E-state index < -0.39 is 5.60 Å². The van der Waals surface area contributed by atoms with E-state index in [2.05, 4.69) is 48.5 Å². The number of hydrogen-bond acceptors (Lipinski definition) is 1. The van der Waals surface area contributed by atoms with Gasteiger partial charge in [0.1, 0.15) is 0 Å². The van der Waals surface area contributed by atoms with E-state index in [4.69, 9.17) is 0 Å². The fourth-order valence-electron chi connectivity index (χ4n) is 12.5. The van der Waals surface area contributed by atoms with Crippen molar-refractivity contribution in [2.75, 3.05) is 0 Å². The highest BCUT2D eigenvalue weighted by Gasteiger charge is 2.83. The number of aliphatic hydroxyl groups is 1. The number of fused-ring (bicyclic) bond motifs is 2. The van der Waals surface area contributed by atoms with Gasteiger partial charge in [-0.15, -0.1) is 0 Å². The van der Waals surface area contributed by atoms with E-state index in [1.165, 1.54) is 64.2 Å². The van der Waals surface area contributed by atoms with E-state index in [9.17, 15) is 5.11 Å². The van der Waals surface area contributed by atoms with Crippen molar-refractivity contribution in [2.24, 2.45) is 62.6 Å². The van der Waals surface area contributed by atoms with Gasteiger partial charge < -0.3 is 5.11 Å². The van der Waals surface area contributed by atoms with Crippen LogP contribution in [0, 0.1) is 62.6 Å². The van der Waals surface area contributed by atoms with Crippen LogP contribution in [0.25, 0.3) is 0 Å². The molecule has 9 saturated carbocycles. The highest BCUT2D eigenvalue weighted by Crippen LogP contribution is 2.89. The van der Waals surface area contributed by atoms with E-state index >= 15 is 0 Å². The van der Waals surface area contributed by atoms with Crippen LogP contribution in [0.4, 0.5) is 0 Å². The van der Waals surface area contributed by atoms with Crippen LogP contribution >= 0.6 is 0 Å². The van der Waals surface area contributed by atoms with Crippen LogP contribution in [0.3, 0.4) is 0 Å². The van der Waals surface area contributed by atoms with E-state index in [0.717, 1.165) is 36.5 Å². The Morgan fingerprint density at radius 1 is 0.719 bits per heavy atom. The van der Waals surface area contributed by atoms with Crippen molar-refractivity contribution in [3.05, 3.63) is 0 Å². The summed E-state index contributed by atoms with van der Waals surface area (Å²) in [5.74, 6) is 4.80. The molecule has 9 aliphatic rings. The van der Waals surface area contributed by atoms with Crippen LogP contribution in [0.15, 0.2) is 0 Å². The second-order valence-corrected chi connectivity index (χ2v) is 15.7. The summed E-state index contributed by atoms with van der Waals surface area (Å²) in [6, 6.07) is 0. The third-order valence-electron chi connectivity index (χ3n) is 14.8. The standard InChI is InChI=1S/C31H52O/c1-20(2)22-9-8-21(3)23-12-13-28(7)25-11-10-24-26(4,5)31(32,18-22)17-16-29(24)19-30(25,29)15-14-27(23,28)6/h20-25,32H,8-19H2,1-7H3/t21-,22?,23-,24+,25+,27-,28+,29-,30+,31+/m1/s1. The smallest absolute Gasteiger partial charge is 0.0704 e. The molecular weight excluding hydrogens is 388 g/mol. The molecule has 8 bridgehead atoms. The first-order valence-corrected chi connectivity index (χ1v) is 14.6. The van der Waals surface area contributed by atoms with Crippen LogP contribution in [-0.4, -0.2) is 10.7 Å². The molecule has 9 rings (SSSR count). The first-order chi connectivity index (χ1) is 14.9. The van der Waals surface area contributed by atoms with Gasteiger partial charge in [-0.3, -0.25) is 0 Å². The van der Waals surface area contributed by atoms with Crippen molar-refractivity contribution in [1.82, 2.24) is 0 Å². The average Bonchev–Trinajstić information content (AvgIpc) is 3.31. The topological polar surface area (TPSA) is 20.2 Å². The first kappa shape index (κ1) is 22.4. The Hall–Kier alpha value is -0.0400. The molecule has 1 N–H and O–H groups in total. The monoisotopic (exact) mass is 440 g/mol. The van der Waals surface area contributed by atoms with Gasteiger partial charge in [-0.2, -0.15) is 0 Å². The minimum atomic E-state index is -0.464. The van der Waals surface area contributed by atoms with Gasteiger partial charge in [-0.1, -0.05) is 54.9 Å². The van der Waals surface area contributed by atoms with Crippen LogP contribution in [0.5, 0.6) is 0 Å². The molecule has 0 heterocycles. The minimum absolute atomic E-state index is 0.0580. The Kier molecular flexibility index (Phi) is 4.48. The Morgan fingerprint density at radius 3 is 2.09 bits per heavy atom. The summed E-state index contributed by atoms with van der Waals surface area (Å²) >= 11 is 0. The summed E-state index contributed by atoms with van der Waals surface area (Å²) in [5, 5.41) is 12.4. The van der Waals surface area contributed by atoms with Crippen molar-refractivity contribution in [3.8, 4) is 0 Å². The molecule has 32 heavy (non-hydrogen) atoms. The van der Waals surface area contributed by atoms with Crippen LogP contribution in [0.2, 0.25) is 0 Å². The van der Waals surface area contributed by atoms with Gasteiger partial charge in [0.25, 0.3) is 0 Å². The second-order valence-electron chi connectivity index (χ2n) is 15.7. The fourth-order valence-corrected chi connectivity index (χ4v) is 12.5. The summed E-state index contributed by atoms with van der Waals surface area (Å²) in [7, 11) is 0. The molecule has 9 fully saturated rings. The highest BCUT2D eigenvalue weighted by atomic mass is 16.3. The maximum atomic E-state index is 12.4. The quantitative estimate of drug-likeness (QED) is 0.435. The zero-order valence-corrected chi connectivity index (χ0v) is 22.4. The Labute approximate surface area is 198 Å². The zero-order chi connectivity index (χ0) is 22.9. The molecule has 10 atom stereocenters. The Balaban J connectivity index is 1.49. The van der Waals surface area contributed by atoms with E-state index in [-0.39, 0.29) is 5.41 Å². The van der Waals surface area contributed by atoms with Gasteiger partial charge in [-0.05, 0) is 133 Å². The molecule has 0 amide bonds. The molecule has 1 nitrogen and oxygen atoms in total. The summed E-state index contributed by atoms with van der Waals surface area (Å²) < 4.78 is 0. The average molecular weight is 441 g/mol. The van der Waals surface area contributed by atoms with Gasteiger partial charge in [-0.25, -0.2) is 0 Å². The van der Waals surface area contributed by atoms with Gasteiger partial charge >= 0.3 is 0 Å². The van der Waals surface area contributed by atoms with Crippen LogP contribution in [0.1, 0.15) is 126 Å². The molecular formula is C31H52O. The minimum Gasteiger partial charge on any atom is -0.389 e. The fraction of sp³-hybridized carbons (Fsp3) is 1.00. The SMILES string of the molecule is CC(C)C1CC[C@@H](C)[C@H]2CC[C@@]3(C)[C@@H]4CC[C@H]5C(C)(C)[C@](O)(CC[C@@]56C[C@@]46CC[C@]23C)C1. The molecule has 0 aliphatic heterocycles. The second kappa shape index (κ2) is 6.39. The van der Waals surface area contributed by atoms with E-state index in [1.807, 2.05) is 0 Å². The lowest BCUT2D eigenvalue weighted by Gasteiger charge is -2.65. The third-order valence-corrected chi connectivity index (χ3v) is 14.8. The van der Waals surface area contributed by atoms with Gasteiger partial charge in [0.05, 0.1) is 5.60 Å². The Bertz CT molecular complexity index is 798. The number of rotatable bonds is 1. The first-order valence-electron chi connectivity index (χ1n) is 14.6. The normalized spacial score (nSPS) is 60.5.